The molecule has 1 saturated heterocycles. The van der Waals surface area contributed by atoms with Crippen LogP contribution in [0.5, 0.6) is 0 Å². The highest BCUT2D eigenvalue weighted by atomic mass is 32.2. The first-order valence-electron chi connectivity index (χ1n) is 9.69. The summed E-state index contributed by atoms with van der Waals surface area (Å²) in [6.07, 6.45) is 0. The number of hydrogen-bond acceptors (Lipinski definition) is 7. The number of thioether (sulfide) groups is 1. The first-order valence-corrected chi connectivity index (χ1v) is 11.6. The standard InChI is InChI=1S/C20H24N6OS2/c1-16(17-6-3-2-4-7-17)24-9-11-25(12-10-24)19(27)15-29-20-21-22-23-26(20)14-18-8-5-13-28-18/h2-8,13,16H,9-12,14-15H2,1H3. The maximum absolute atomic E-state index is 12.7. The summed E-state index contributed by atoms with van der Waals surface area (Å²) in [7, 11) is 0. The second-order valence-corrected chi connectivity index (χ2v) is 8.97. The van der Waals surface area contributed by atoms with E-state index in [1.54, 1.807) is 16.0 Å². The van der Waals surface area contributed by atoms with E-state index < -0.39 is 0 Å². The van der Waals surface area contributed by atoms with Crippen molar-refractivity contribution in [3.05, 3.63) is 58.3 Å². The van der Waals surface area contributed by atoms with Gasteiger partial charge in [-0.3, -0.25) is 9.69 Å². The molecule has 2 aromatic heterocycles. The van der Waals surface area contributed by atoms with E-state index in [0.29, 0.717) is 23.5 Å². The molecule has 0 spiro atoms. The molecule has 1 aromatic carbocycles. The molecule has 1 fully saturated rings. The Kier molecular flexibility index (Phi) is 6.58. The van der Waals surface area contributed by atoms with Crippen LogP contribution in [0.15, 0.2) is 53.0 Å². The Morgan fingerprint density at radius 3 is 2.66 bits per heavy atom. The lowest BCUT2D eigenvalue weighted by Gasteiger charge is -2.38. The Morgan fingerprint density at radius 1 is 1.14 bits per heavy atom. The number of benzene rings is 1. The van der Waals surface area contributed by atoms with Gasteiger partial charge < -0.3 is 4.90 Å². The van der Waals surface area contributed by atoms with Gasteiger partial charge in [0.2, 0.25) is 11.1 Å². The van der Waals surface area contributed by atoms with Gasteiger partial charge in [0, 0.05) is 37.1 Å². The van der Waals surface area contributed by atoms with Crippen molar-refractivity contribution in [2.24, 2.45) is 0 Å². The van der Waals surface area contributed by atoms with E-state index >= 15 is 0 Å². The summed E-state index contributed by atoms with van der Waals surface area (Å²) in [6.45, 7) is 6.17. The van der Waals surface area contributed by atoms with Crippen molar-refractivity contribution in [3.8, 4) is 0 Å². The van der Waals surface area contributed by atoms with E-state index in [1.807, 2.05) is 22.4 Å². The van der Waals surface area contributed by atoms with E-state index in [1.165, 1.54) is 22.2 Å². The third-order valence-electron chi connectivity index (χ3n) is 5.21. The number of aromatic nitrogens is 4. The summed E-state index contributed by atoms with van der Waals surface area (Å²) in [6, 6.07) is 15.0. The number of thiophene rings is 1. The number of nitrogens with zero attached hydrogens (tertiary/aromatic N) is 6. The Hall–Kier alpha value is -2.23. The van der Waals surface area contributed by atoms with Crippen LogP contribution in [0.4, 0.5) is 0 Å². The number of hydrogen-bond donors (Lipinski definition) is 0. The van der Waals surface area contributed by atoms with Crippen LogP contribution in [0.3, 0.4) is 0 Å². The molecule has 3 aromatic rings. The lowest BCUT2D eigenvalue weighted by atomic mass is 10.1. The Morgan fingerprint density at radius 2 is 1.93 bits per heavy atom. The zero-order chi connectivity index (χ0) is 20.1. The van der Waals surface area contributed by atoms with E-state index in [0.717, 1.165) is 26.2 Å². The molecule has 1 aliphatic rings. The SMILES string of the molecule is CC(c1ccccc1)N1CCN(C(=O)CSc2nnnn2Cc2cccs2)CC1. The monoisotopic (exact) mass is 428 g/mol. The molecule has 1 atom stereocenters. The third-order valence-corrected chi connectivity index (χ3v) is 7.01. The summed E-state index contributed by atoms with van der Waals surface area (Å²) in [4.78, 5) is 18.3. The number of carbonyl (C=O) groups excluding carboxylic acids is 1. The molecule has 0 bridgehead atoms. The van der Waals surface area contributed by atoms with Crippen molar-refractivity contribution in [2.45, 2.75) is 24.7 Å². The van der Waals surface area contributed by atoms with Crippen LogP contribution in [0.25, 0.3) is 0 Å². The van der Waals surface area contributed by atoms with Crippen LogP contribution in [-0.4, -0.2) is 67.8 Å². The molecule has 1 amide bonds. The molecule has 9 heteroatoms. The average Bonchev–Trinajstić information content (AvgIpc) is 3.45. The van der Waals surface area contributed by atoms with Gasteiger partial charge in [-0.05, 0) is 34.4 Å². The van der Waals surface area contributed by atoms with Gasteiger partial charge in [0.25, 0.3) is 0 Å². The van der Waals surface area contributed by atoms with Gasteiger partial charge >= 0.3 is 0 Å². The minimum absolute atomic E-state index is 0.146. The molecule has 29 heavy (non-hydrogen) atoms. The van der Waals surface area contributed by atoms with Crippen LogP contribution in [0.2, 0.25) is 0 Å². The first kappa shape index (κ1) is 20.1. The smallest absolute Gasteiger partial charge is 0.233 e. The fourth-order valence-electron chi connectivity index (χ4n) is 3.47. The van der Waals surface area contributed by atoms with Gasteiger partial charge in [0.05, 0.1) is 12.3 Å². The number of carbonyl (C=O) groups is 1. The van der Waals surface area contributed by atoms with E-state index in [-0.39, 0.29) is 5.91 Å². The van der Waals surface area contributed by atoms with Gasteiger partial charge in [0.15, 0.2) is 0 Å². The van der Waals surface area contributed by atoms with Crippen molar-refractivity contribution in [1.29, 1.82) is 0 Å². The van der Waals surface area contributed by atoms with Crippen LogP contribution >= 0.6 is 23.1 Å². The molecule has 0 radical (unpaired) electrons. The highest BCUT2D eigenvalue weighted by Crippen LogP contribution is 2.22. The lowest BCUT2D eigenvalue weighted by Crippen LogP contribution is -2.49. The molecule has 4 rings (SSSR count). The maximum Gasteiger partial charge on any atom is 0.233 e. The van der Waals surface area contributed by atoms with Crippen molar-refractivity contribution in [1.82, 2.24) is 30.0 Å². The van der Waals surface area contributed by atoms with Crippen LogP contribution in [-0.2, 0) is 11.3 Å². The van der Waals surface area contributed by atoms with Crippen LogP contribution in [0.1, 0.15) is 23.4 Å². The largest absolute Gasteiger partial charge is 0.339 e. The van der Waals surface area contributed by atoms with E-state index in [2.05, 4.69) is 57.7 Å². The minimum atomic E-state index is 0.146. The van der Waals surface area contributed by atoms with Crippen LogP contribution in [0, 0.1) is 0 Å². The predicted molar refractivity (Wildman–Crippen MR) is 115 cm³/mol. The molecular weight excluding hydrogens is 404 g/mol. The van der Waals surface area contributed by atoms with Crippen molar-refractivity contribution in [2.75, 3.05) is 31.9 Å². The normalized spacial score (nSPS) is 16.1. The summed E-state index contributed by atoms with van der Waals surface area (Å²) in [5.41, 5.74) is 1.32. The second kappa shape index (κ2) is 9.51. The number of amides is 1. The quantitative estimate of drug-likeness (QED) is 0.539. The van der Waals surface area contributed by atoms with Gasteiger partial charge in [-0.25, -0.2) is 4.68 Å². The van der Waals surface area contributed by atoms with Crippen LogP contribution < -0.4 is 0 Å². The van der Waals surface area contributed by atoms with Gasteiger partial charge in [-0.2, -0.15) is 0 Å². The topological polar surface area (TPSA) is 67.2 Å². The summed E-state index contributed by atoms with van der Waals surface area (Å²) < 4.78 is 1.75. The van der Waals surface area contributed by atoms with Crippen molar-refractivity contribution in [3.63, 3.8) is 0 Å². The summed E-state index contributed by atoms with van der Waals surface area (Å²) in [5, 5.41) is 14.6. The fraction of sp³-hybridized carbons (Fsp3) is 0.400. The molecular formula is C20H24N6OS2. The van der Waals surface area contributed by atoms with E-state index in [4.69, 9.17) is 0 Å². The number of piperazine rings is 1. The average molecular weight is 429 g/mol. The zero-order valence-corrected chi connectivity index (χ0v) is 18.0. The predicted octanol–water partition coefficient (Wildman–Crippen LogP) is 2.78. The lowest BCUT2D eigenvalue weighted by molar-refractivity contribution is -0.130. The fourth-order valence-corrected chi connectivity index (χ4v) is 4.93. The highest BCUT2D eigenvalue weighted by Gasteiger charge is 2.25. The molecule has 7 nitrogen and oxygen atoms in total. The first-order chi connectivity index (χ1) is 14.2. The molecule has 1 unspecified atom stereocenters. The second-order valence-electron chi connectivity index (χ2n) is 6.99. The third kappa shape index (κ3) is 5.04. The van der Waals surface area contributed by atoms with Gasteiger partial charge in [-0.1, -0.05) is 48.2 Å². The summed E-state index contributed by atoms with van der Waals surface area (Å²) >= 11 is 3.08. The summed E-state index contributed by atoms with van der Waals surface area (Å²) in [5.74, 6) is 0.506. The van der Waals surface area contributed by atoms with Crippen molar-refractivity contribution >= 4 is 29.0 Å². The van der Waals surface area contributed by atoms with Gasteiger partial charge in [0.1, 0.15) is 0 Å². The molecule has 3 heterocycles. The Bertz CT molecular complexity index is 906. The number of rotatable bonds is 7. The zero-order valence-electron chi connectivity index (χ0n) is 16.3. The Labute approximate surface area is 178 Å². The highest BCUT2D eigenvalue weighted by molar-refractivity contribution is 7.99. The van der Waals surface area contributed by atoms with Gasteiger partial charge in [-0.15, -0.1) is 16.4 Å². The minimum Gasteiger partial charge on any atom is -0.339 e. The Balaban J connectivity index is 1.26. The van der Waals surface area contributed by atoms with Crippen molar-refractivity contribution < 1.29 is 4.79 Å². The molecule has 152 valence electrons. The molecule has 0 aliphatic carbocycles. The molecule has 0 saturated carbocycles. The molecule has 0 N–H and O–H groups in total. The van der Waals surface area contributed by atoms with E-state index in [9.17, 15) is 4.79 Å². The molecule has 1 aliphatic heterocycles. The maximum atomic E-state index is 12.7. The number of tetrazole rings is 1.